The van der Waals surface area contributed by atoms with Gasteiger partial charge in [0.05, 0.1) is 17.3 Å². The maximum absolute atomic E-state index is 13.3. The molecule has 0 saturated carbocycles. The highest BCUT2D eigenvalue weighted by Gasteiger charge is 2.34. The van der Waals surface area contributed by atoms with Gasteiger partial charge in [0, 0.05) is 0 Å². The number of carbonyl (C=O) groups is 1. The van der Waals surface area contributed by atoms with E-state index >= 15 is 0 Å². The van der Waals surface area contributed by atoms with Gasteiger partial charge in [-0.25, -0.2) is 4.39 Å². The lowest BCUT2D eigenvalue weighted by Gasteiger charge is -2.27. The van der Waals surface area contributed by atoms with E-state index in [1.165, 1.54) is 18.2 Å². The van der Waals surface area contributed by atoms with E-state index in [9.17, 15) is 27.6 Å². The Morgan fingerprint density at radius 2 is 1.80 bits per heavy atom. The van der Waals surface area contributed by atoms with Crippen molar-refractivity contribution in [2.24, 2.45) is 5.73 Å². The molecule has 1 atom stereocenters. The quantitative estimate of drug-likeness (QED) is 0.640. The van der Waals surface area contributed by atoms with Crippen LogP contribution in [0.2, 0.25) is 0 Å². The van der Waals surface area contributed by atoms with Crippen molar-refractivity contribution < 1.29 is 32.3 Å². The largest absolute Gasteiger partial charge is 0.457 e. The van der Waals surface area contributed by atoms with Crippen LogP contribution in [-0.2, 0) is 17.4 Å². The van der Waals surface area contributed by atoms with Crippen molar-refractivity contribution in [2.75, 3.05) is 5.06 Å². The third kappa shape index (κ3) is 3.28. The van der Waals surface area contributed by atoms with Crippen LogP contribution in [0.3, 0.4) is 0 Å². The highest BCUT2D eigenvalue weighted by Crippen LogP contribution is 2.36. The molecule has 5 nitrogen and oxygen atoms in total. The Bertz CT molecular complexity index is 839. The van der Waals surface area contributed by atoms with Gasteiger partial charge in [-0.2, -0.15) is 18.2 Å². The Morgan fingerprint density at radius 3 is 2.48 bits per heavy atom. The van der Waals surface area contributed by atoms with Crippen molar-refractivity contribution in [1.82, 2.24) is 0 Å². The van der Waals surface area contributed by atoms with Crippen molar-refractivity contribution in [2.45, 2.75) is 18.6 Å². The van der Waals surface area contributed by atoms with Gasteiger partial charge in [0.1, 0.15) is 17.3 Å². The van der Waals surface area contributed by atoms with Crippen molar-refractivity contribution in [3.63, 3.8) is 0 Å². The summed E-state index contributed by atoms with van der Waals surface area (Å²) >= 11 is 0. The number of nitrogens with two attached hydrogens (primary N) is 1. The minimum Gasteiger partial charge on any atom is -0.457 e. The first kappa shape index (κ1) is 17.2. The minimum atomic E-state index is -4.84. The molecule has 0 aromatic heterocycles. The van der Waals surface area contributed by atoms with Gasteiger partial charge in [0.15, 0.2) is 0 Å². The van der Waals surface area contributed by atoms with Gasteiger partial charge >= 0.3 is 6.18 Å². The van der Waals surface area contributed by atoms with E-state index in [0.717, 1.165) is 6.07 Å². The Hall–Kier alpha value is -2.65. The fourth-order valence-corrected chi connectivity index (χ4v) is 2.52. The summed E-state index contributed by atoms with van der Waals surface area (Å²) in [7, 11) is 0. The molecule has 0 bridgehead atoms. The number of amides is 1. The van der Waals surface area contributed by atoms with E-state index in [1.54, 1.807) is 0 Å². The number of hydroxylamine groups is 1. The molecule has 2 aromatic carbocycles. The van der Waals surface area contributed by atoms with Crippen LogP contribution in [0.4, 0.5) is 23.2 Å². The first-order valence-corrected chi connectivity index (χ1v) is 7.13. The highest BCUT2D eigenvalue weighted by molar-refractivity contribution is 5.98. The van der Waals surface area contributed by atoms with E-state index in [-0.39, 0.29) is 23.6 Å². The van der Waals surface area contributed by atoms with Gasteiger partial charge in [0.2, 0.25) is 0 Å². The minimum absolute atomic E-state index is 0.139. The number of carbonyl (C=O) groups excluding carboxylic acids is 1. The zero-order valence-electron chi connectivity index (χ0n) is 12.5. The fourth-order valence-electron chi connectivity index (χ4n) is 2.52. The molecule has 1 heterocycles. The molecule has 0 spiro atoms. The van der Waals surface area contributed by atoms with Gasteiger partial charge in [-0.05, 0) is 48.4 Å². The summed E-state index contributed by atoms with van der Waals surface area (Å²) in [5.41, 5.74) is 4.89. The third-order valence-electron chi connectivity index (χ3n) is 3.72. The molecule has 3 rings (SSSR count). The van der Waals surface area contributed by atoms with Gasteiger partial charge in [-0.3, -0.25) is 10.0 Å². The number of nitrogens with zero attached hydrogens (tertiary/aromatic N) is 1. The molecule has 0 aliphatic carbocycles. The van der Waals surface area contributed by atoms with E-state index in [2.05, 4.69) is 0 Å². The molecule has 9 heteroatoms. The van der Waals surface area contributed by atoms with E-state index in [1.807, 2.05) is 0 Å². The summed E-state index contributed by atoms with van der Waals surface area (Å²) in [6.45, 7) is 0. The number of anilines is 1. The van der Waals surface area contributed by atoms with Gasteiger partial charge < -0.3 is 10.5 Å². The number of hydrogen-bond donors (Lipinski definition) is 2. The van der Waals surface area contributed by atoms with Crippen LogP contribution in [-0.4, -0.2) is 17.2 Å². The summed E-state index contributed by atoms with van der Waals surface area (Å²) in [4.78, 5) is 11.6. The summed E-state index contributed by atoms with van der Waals surface area (Å²) in [5, 5.41) is 10.2. The molecule has 1 amide bonds. The average Bonchev–Trinajstić information content (AvgIpc) is 2.53. The van der Waals surface area contributed by atoms with Crippen LogP contribution < -0.4 is 15.5 Å². The normalized spacial score (nSPS) is 17.4. The number of rotatable bonds is 2. The summed E-state index contributed by atoms with van der Waals surface area (Å²) in [5.74, 6) is -2.10. The molecular formula is C16H12F4N2O3. The standard InChI is InChI=1S/C16H12F4N2O3/c17-12-3-1-10(7-11(12)16(18,19)20)25-9-2-4-14-8(5-9)6-13(21)15(23)22(14)24/h1-5,7,13,24H,6,21H2/t13-/m0/s1. The fraction of sp³-hybridized carbons (Fsp3) is 0.188. The molecule has 1 aliphatic rings. The highest BCUT2D eigenvalue weighted by atomic mass is 19.4. The maximum Gasteiger partial charge on any atom is 0.419 e. The Morgan fingerprint density at radius 1 is 1.16 bits per heavy atom. The van der Waals surface area contributed by atoms with Gasteiger partial charge in [-0.15, -0.1) is 0 Å². The Balaban J connectivity index is 1.90. The average molecular weight is 356 g/mol. The number of benzene rings is 2. The van der Waals surface area contributed by atoms with Crippen molar-refractivity contribution in [1.29, 1.82) is 0 Å². The molecule has 25 heavy (non-hydrogen) atoms. The lowest BCUT2D eigenvalue weighted by Crippen LogP contribution is -2.47. The first-order chi connectivity index (χ1) is 11.7. The molecule has 0 fully saturated rings. The van der Waals surface area contributed by atoms with Gasteiger partial charge in [-0.1, -0.05) is 0 Å². The topological polar surface area (TPSA) is 75.8 Å². The molecule has 0 radical (unpaired) electrons. The zero-order chi connectivity index (χ0) is 18.4. The maximum atomic E-state index is 13.3. The number of alkyl halides is 3. The van der Waals surface area contributed by atoms with Crippen LogP contribution in [0, 0.1) is 5.82 Å². The van der Waals surface area contributed by atoms with Crippen LogP contribution in [0.1, 0.15) is 11.1 Å². The van der Waals surface area contributed by atoms with Crippen LogP contribution in [0.15, 0.2) is 36.4 Å². The van der Waals surface area contributed by atoms with E-state index in [4.69, 9.17) is 10.5 Å². The number of halogens is 4. The number of ether oxygens (including phenoxy) is 1. The summed E-state index contributed by atoms with van der Waals surface area (Å²) in [6, 6.07) is 5.54. The van der Waals surface area contributed by atoms with E-state index < -0.39 is 29.5 Å². The van der Waals surface area contributed by atoms with Crippen LogP contribution in [0.25, 0.3) is 0 Å². The number of fused-ring (bicyclic) bond motifs is 1. The second-order valence-electron chi connectivity index (χ2n) is 5.49. The SMILES string of the molecule is N[C@H]1Cc2cc(Oc3ccc(F)c(C(F)(F)F)c3)ccc2N(O)C1=O. The molecule has 1 aliphatic heterocycles. The molecule has 0 saturated heterocycles. The molecule has 132 valence electrons. The molecule has 0 unspecified atom stereocenters. The summed E-state index contributed by atoms with van der Waals surface area (Å²) in [6.07, 6.45) is -4.70. The van der Waals surface area contributed by atoms with Gasteiger partial charge in [0.25, 0.3) is 5.91 Å². The lowest BCUT2D eigenvalue weighted by atomic mass is 9.99. The predicted octanol–water partition coefficient (Wildman–Crippen LogP) is 3.24. The first-order valence-electron chi connectivity index (χ1n) is 7.13. The molecule has 3 N–H and O–H groups in total. The second kappa shape index (κ2) is 6.01. The smallest absolute Gasteiger partial charge is 0.419 e. The molecular weight excluding hydrogens is 344 g/mol. The summed E-state index contributed by atoms with van der Waals surface area (Å²) < 4.78 is 56.9. The molecule has 2 aromatic rings. The Labute approximate surface area is 139 Å². The zero-order valence-corrected chi connectivity index (χ0v) is 12.5. The van der Waals surface area contributed by atoms with Crippen molar-refractivity contribution in [3.05, 3.63) is 53.3 Å². The monoisotopic (exact) mass is 356 g/mol. The Kier molecular flexibility index (Phi) is 4.13. The lowest BCUT2D eigenvalue weighted by molar-refractivity contribution is -0.140. The second-order valence-corrected chi connectivity index (χ2v) is 5.49. The van der Waals surface area contributed by atoms with Crippen LogP contribution >= 0.6 is 0 Å². The predicted molar refractivity (Wildman–Crippen MR) is 78.9 cm³/mol. The van der Waals surface area contributed by atoms with Crippen molar-refractivity contribution in [3.8, 4) is 11.5 Å². The van der Waals surface area contributed by atoms with Crippen LogP contribution in [0.5, 0.6) is 11.5 Å². The van der Waals surface area contributed by atoms with E-state index in [0.29, 0.717) is 22.8 Å². The number of hydrogen-bond acceptors (Lipinski definition) is 4. The third-order valence-corrected chi connectivity index (χ3v) is 3.72. The van der Waals surface area contributed by atoms with Crippen molar-refractivity contribution >= 4 is 11.6 Å².